The predicted molar refractivity (Wildman–Crippen MR) is 40.9 cm³/mol. The van der Waals surface area contributed by atoms with E-state index in [1.165, 1.54) is 6.08 Å². The summed E-state index contributed by atoms with van der Waals surface area (Å²) >= 11 is 0. The molecule has 52 valence electrons. The average Bonchev–Trinajstić information content (AvgIpc) is 2.03. The first-order valence-corrected chi connectivity index (χ1v) is 2.81. The molecule has 0 fully saturated rings. The zero-order valence-corrected chi connectivity index (χ0v) is 6.09. The lowest BCUT2D eigenvalue weighted by molar-refractivity contribution is 1.16. The zero-order valence-electron chi connectivity index (χ0n) is 6.09. The Morgan fingerprint density at radius 3 is 2.00 bits per heavy atom. The van der Waals surface area contributed by atoms with E-state index in [1.54, 1.807) is 6.07 Å². The Labute approximate surface area is 61.7 Å². The van der Waals surface area contributed by atoms with Gasteiger partial charge in [0.15, 0.2) is 0 Å². The molecule has 0 rings (SSSR count). The van der Waals surface area contributed by atoms with Crippen molar-refractivity contribution in [1.29, 1.82) is 10.5 Å². The van der Waals surface area contributed by atoms with Crippen LogP contribution in [0.25, 0.3) is 0 Å². The number of hydrogen-bond donors (Lipinski definition) is 0. The first-order valence-electron chi connectivity index (χ1n) is 2.81. The molecular formula is C8H10N2. The molecule has 0 N–H and O–H groups in total. The van der Waals surface area contributed by atoms with E-state index in [0.717, 1.165) is 6.42 Å². The van der Waals surface area contributed by atoms with E-state index < -0.39 is 0 Å². The molecule has 0 radical (unpaired) electrons. The maximum absolute atomic E-state index is 7.99. The smallest absolute Gasteiger partial charge is 0.0940 e. The molecule has 0 spiro atoms. The second-order valence-electron chi connectivity index (χ2n) is 1.40. The highest BCUT2D eigenvalue weighted by atomic mass is 14.2. The Bertz CT molecular complexity index is 178. The summed E-state index contributed by atoms with van der Waals surface area (Å²) in [6.07, 6.45) is 1.95. The molecule has 2 nitrogen and oxygen atoms in total. The van der Waals surface area contributed by atoms with E-state index in [2.05, 4.69) is 13.2 Å². The molecule has 0 aromatic heterocycles. The maximum atomic E-state index is 7.99. The number of allylic oxidation sites excluding steroid dienone is 2. The molecular weight excluding hydrogens is 124 g/mol. The van der Waals surface area contributed by atoms with Crippen molar-refractivity contribution in [2.45, 2.75) is 13.3 Å². The molecule has 0 amide bonds. The number of nitriles is 2. The van der Waals surface area contributed by atoms with Gasteiger partial charge in [-0.3, -0.25) is 0 Å². The third-order valence-electron chi connectivity index (χ3n) is 0.676. The highest BCUT2D eigenvalue weighted by Crippen LogP contribution is 1.89. The minimum absolute atomic E-state index is 0.648. The summed E-state index contributed by atoms with van der Waals surface area (Å²) in [7, 11) is 0. The summed E-state index contributed by atoms with van der Waals surface area (Å²) in [5.41, 5.74) is 0.648. The zero-order chi connectivity index (χ0) is 8.41. The molecule has 0 bridgehead atoms. The molecule has 0 aromatic rings. The summed E-state index contributed by atoms with van der Waals surface area (Å²) in [5.74, 6) is 0. The molecule has 0 atom stereocenters. The fraction of sp³-hybridized carbons (Fsp3) is 0.250. The van der Waals surface area contributed by atoms with Crippen LogP contribution < -0.4 is 0 Å². The van der Waals surface area contributed by atoms with E-state index in [0.29, 0.717) is 5.57 Å². The summed E-state index contributed by atoms with van der Waals surface area (Å²) in [6.45, 7) is 8.46. The van der Waals surface area contributed by atoms with Crippen molar-refractivity contribution >= 4 is 0 Å². The molecule has 0 aliphatic rings. The highest BCUT2D eigenvalue weighted by molar-refractivity contribution is 5.14. The molecule has 0 saturated heterocycles. The molecule has 0 aliphatic heterocycles. The molecule has 10 heavy (non-hydrogen) atoms. The molecule has 0 aromatic carbocycles. The summed E-state index contributed by atoms with van der Waals surface area (Å²) in [6, 6.07) is 3.61. The molecule has 0 unspecified atom stereocenters. The standard InChI is InChI=1S/C5H7N.C3H3N/c1-3-5(2)4-6;1-2-3-4/h2-3H2,1H3;2H,1H2. The van der Waals surface area contributed by atoms with Gasteiger partial charge in [0, 0.05) is 11.6 Å². The van der Waals surface area contributed by atoms with E-state index in [-0.39, 0.29) is 0 Å². The Morgan fingerprint density at radius 1 is 1.60 bits per heavy atom. The van der Waals surface area contributed by atoms with E-state index >= 15 is 0 Å². The van der Waals surface area contributed by atoms with E-state index in [4.69, 9.17) is 10.5 Å². The third-order valence-corrected chi connectivity index (χ3v) is 0.676. The van der Waals surface area contributed by atoms with Crippen molar-refractivity contribution in [3.8, 4) is 12.1 Å². The summed E-state index contributed by atoms with van der Waals surface area (Å²) in [5, 5.41) is 15.5. The topological polar surface area (TPSA) is 47.6 Å². The molecule has 0 aliphatic carbocycles. The Hall–Kier alpha value is -1.54. The summed E-state index contributed by atoms with van der Waals surface area (Å²) in [4.78, 5) is 0. The fourth-order valence-electron chi connectivity index (χ4n) is 0.0791. The van der Waals surface area contributed by atoms with E-state index in [1.807, 2.05) is 13.0 Å². The number of hydrogen-bond acceptors (Lipinski definition) is 2. The van der Waals surface area contributed by atoms with Crippen LogP contribution in [-0.2, 0) is 0 Å². The van der Waals surface area contributed by atoms with Crippen LogP contribution in [-0.4, -0.2) is 0 Å². The van der Waals surface area contributed by atoms with Crippen LogP contribution in [0.5, 0.6) is 0 Å². The van der Waals surface area contributed by atoms with Crippen molar-refractivity contribution in [1.82, 2.24) is 0 Å². The minimum atomic E-state index is 0.648. The van der Waals surface area contributed by atoms with Gasteiger partial charge in [-0.15, -0.1) is 0 Å². The Kier molecular flexibility index (Phi) is 11.8. The van der Waals surface area contributed by atoms with Gasteiger partial charge >= 0.3 is 0 Å². The van der Waals surface area contributed by atoms with Crippen LogP contribution in [0.15, 0.2) is 24.8 Å². The molecule has 2 heteroatoms. The van der Waals surface area contributed by atoms with Crippen molar-refractivity contribution in [2.75, 3.05) is 0 Å². The second-order valence-corrected chi connectivity index (χ2v) is 1.40. The van der Waals surface area contributed by atoms with Gasteiger partial charge in [0.1, 0.15) is 0 Å². The third kappa shape index (κ3) is 16.1. The van der Waals surface area contributed by atoms with Crippen LogP contribution in [0.2, 0.25) is 0 Å². The summed E-state index contributed by atoms with van der Waals surface area (Å²) < 4.78 is 0. The van der Waals surface area contributed by atoms with Crippen molar-refractivity contribution in [2.24, 2.45) is 0 Å². The minimum Gasteiger partial charge on any atom is -0.193 e. The molecule has 0 heterocycles. The Balaban J connectivity index is 0. The number of rotatable bonds is 1. The van der Waals surface area contributed by atoms with Crippen LogP contribution in [0.3, 0.4) is 0 Å². The Morgan fingerprint density at radius 2 is 2.00 bits per heavy atom. The van der Waals surface area contributed by atoms with Crippen molar-refractivity contribution < 1.29 is 0 Å². The van der Waals surface area contributed by atoms with Crippen LogP contribution >= 0.6 is 0 Å². The van der Waals surface area contributed by atoms with Gasteiger partial charge in [-0.2, -0.15) is 10.5 Å². The highest BCUT2D eigenvalue weighted by Gasteiger charge is 1.77. The lowest BCUT2D eigenvalue weighted by atomic mass is 10.3. The van der Waals surface area contributed by atoms with E-state index in [9.17, 15) is 0 Å². The number of nitrogens with zero attached hydrogens (tertiary/aromatic N) is 2. The fourth-order valence-corrected chi connectivity index (χ4v) is 0.0791. The molecule has 0 saturated carbocycles. The van der Waals surface area contributed by atoms with Gasteiger partial charge < -0.3 is 0 Å². The lowest BCUT2D eigenvalue weighted by Gasteiger charge is -1.76. The normalized spacial score (nSPS) is 5.50. The van der Waals surface area contributed by atoms with Gasteiger partial charge in [-0.25, -0.2) is 0 Å². The van der Waals surface area contributed by atoms with Crippen molar-refractivity contribution in [3.05, 3.63) is 24.8 Å². The largest absolute Gasteiger partial charge is 0.193 e. The van der Waals surface area contributed by atoms with Gasteiger partial charge in [0.2, 0.25) is 0 Å². The van der Waals surface area contributed by atoms with Crippen LogP contribution in [0.1, 0.15) is 13.3 Å². The average molecular weight is 134 g/mol. The lowest BCUT2D eigenvalue weighted by Crippen LogP contribution is -1.64. The SMILES string of the molecule is C=C(C#N)CC.C=CC#N. The quantitative estimate of drug-likeness (QED) is 0.516. The van der Waals surface area contributed by atoms with Gasteiger partial charge in [-0.05, 0) is 6.42 Å². The van der Waals surface area contributed by atoms with Gasteiger partial charge in [-0.1, -0.05) is 20.1 Å². The van der Waals surface area contributed by atoms with Gasteiger partial charge in [0.05, 0.1) is 12.1 Å². The first-order chi connectivity index (χ1) is 4.72. The van der Waals surface area contributed by atoms with Crippen molar-refractivity contribution in [3.63, 3.8) is 0 Å². The van der Waals surface area contributed by atoms with Crippen LogP contribution in [0, 0.1) is 22.7 Å². The van der Waals surface area contributed by atoms with Gasteiger partial charge in [0.25, 0.3) is 0 Å². The second kappa shape index (κ2) is 10.4. The predicted octanol–water partition coefficient (Wildman–Crippen LogP) is 2.17. The monoisotopic (exact) mass is 134 g/mol. The maximum Gasteiger partial charge on any atom is 0.0940 e. The first kappa shape index (κ1) is 11.3. The van der Waals surface area contributed by atoms with Crippen LogP contribution in [0.4, 0.5) is 0 Å².